The van der Waals surface area contributed by atoms with Gasteiger partial charge in [-0.3, -0.25) is 4.79 Å². The van der Waals surface area contributed by atoms with Gasteiger partial charge in [0, 0.05) is 25.4 Å². The SMILES string of the molecule is Cc1ccccc1OC[C@H](O)/C=C/[C@@H]1[C@H]2CC[C@H](CCCC(=O)O)CO[C@H]2C[C@H]1O. The largest absolute Gasteiger partial charge is 0.490 e. The zero-order valence-corrected chi connectivity index (χ0v) is 17.7. The number of fused-ring (bicyclic) bond motifs is 1. The summed E-state index contributed by atoms with van der Waals surface area (Å²) in [5.41, 5.74) is 1.02. The molecule has 0 amide bonds. The van der Waals surface area contributed by atoms with E-state index >= 15 is 0 Å². The van der Waals surface area contributed by atoms with Crippen molar-refractivity contribution in [3.05, 3.63) is 42.0 Å². The average Bonchev–Trinajstić information content (AvgIpc) is 2.87. The van der Waals surface area contributed by atoms with Crippen molar-refractivity contribution in [3.63, 3.8) is 0 Å². The third-order valence-corrected chi connectivity index (χ3v) is 6.41. The lowest BCUT2D eigenvalue weighted by molar-refractivity contribution is -0.137. The van der Waals surface area contributed by atoms with E-state index < -0.39 is 18.2 Å². The van der Waals surface area contributed by atoms with E-state index in [9.17, 15) is 15.0 Å². The Hall–Kier alpha value is -1.89. The number of ether oxygens (including phenoxy) is 2. The van der Waals surface area contributed by atoms with Crippen LogP contribution in [-0.2, 0) is 9.53 Å². The van der Waals surface area contributed by atoms with Gasteiger partial charge in [-0.25, -0.2) is 0 Å². The highest BCUT2D eigenvalue weighted by Crippen LogP contribution is 2.42. The van der Waals surface area contributed by atoms with Crippen LogP contribution in [0.4, 0.5) is 0 Å². The molecule has 2 aliphatic rings. The number of hydrogen-bond donors (Lipinski definition) is 3. The van der Waals surface area contributed by atoms with Crippen molar-refractivity contribution in [2.75, 3.05) is 13.2 Å². The lowest BCUT2D eigenvalue weighted by Crippen LogP contribution is -2.22. The maximum Gasteiger partial charge on any atom is 0.303 e. The van der Waals surface area contributed by atoms with Crippen LogP contribution in [0.3, 0.4) is 0 Å². The van der Waals surface area contributed by atoms with Crippen LogP contribution in [0.25, 0.3) is 0 Å². The van der Waals surface area contributed by atoms with Crippen LogP contribution in [0, 0.1) is 24.7 Å². The number of aliphatic carboxylic acids is 1. The Balaban J connectivity index is 1.50. The van der Waals surface area contributed by atoms with E-state index in [-0.39, 0.29) is 31.0 Å². The Bertz CT molecular complexity index is 717. The fraction of sp³-hybridized carbons (Fsp3) is 0.625. The molecule has 30 heavy (non-hydrogen) atoms. The highest BCUT2D eigenvalue weighted by Gasteiger charge is 2.43. The maximum atomic E-state index is 10.7. The number of carboxylic acids is 1. The second-order valence-electron chi connectivity index (χ2n) is 8.67. The molecule has 1 saturated heterocycles. The standard InChI is InChI=1S/C24H34O6/c1-16-5-2-3-7-22(16)30-15-18(25)10-12-19-20-11-9-17(6-4-8-24(27)28)14-29-23(20)13-21(19)26/h2-3,5,7,10,12,17-21,23,25-26H,4,6,8-9,11,13-15H2,1H3,(H,27,28)/b12-10+/t17-,18+,19+,20+,21+,23-/m0/s1. The fourth-order valence-corrected chi connectivity index (χ4v) is 4.69. The van der Waals surface area contributed by atoms with Crippen LogP contribution in [0.2, 0.25) is 0 Å². The predicted octanol–water partition coefficient (Wildman–Crippen LogP) is 3.34. The lowest BCUT2D eigenvalue weighted by Gasteiger charge is -2.21. The molecule has 1 aliphatic heterocycles. The molecule has 1 aromatic rings. The van der Waals surface area contributed by atoms with E-state index in [1.165, 1.54) is 0 Å². The second-order valence-corrected chi connectivity index (χ2v) is 8.67. The van der Waals surface area contributed by atoms with Crippen molar-refractivity contribution in [1.29, 1.82) is 0 Å². The molecule has 0 bridgehead atoms. The molecule has 6 heteroatoms. The molecule has 0 unspecified atom stereocenters. The van der Waals surface area contributed by atoms with Gasteiger partial charge in [-0.05, 0) is 56.1 Å². The first-order valence-corrected chi connectivity index (χ1v) is 11.0. The minimum absolute atomic E-state index is 0.0273. The summed E-state index contributed by atoms with van der Waals surface area (Å²) in [6, 6.07) is 7.70. The van der Waals surface area contributed by atoms with Gasteiger partial charge in [0.05, 0.1) is 12.2 Å². The molecular formula is C24H34O6. The summed E-state index contributed by atoms with van der Waals surface area (Å²) in [7, 11) is 0. The van der Waals surface area contributed by atoms with Crippen molar-refractivity contribution in [2.24, 2.45) is 17.8 Å². The van der Waals surface area contributed by atoms with Crippen molar-refractivity contribution < 1.29 is 29.6 Å². The molecule has 3 rings (SSSR count). The minimum Gasteiger partial charge on any atom is -0.490 e. The number of carbonyl (C=O) groups is 1. The number of aryl methyl sites for hydroxylation is 1. The Morgan fingerprint density at radius 2 is 2.13 bits per heavy atom. The van der Waals surface area contributed by atoms with Crippen molar-refractivity contribution >= 4 is 5.97 Å². The fourth-order valence-electron chi connectivity index (χ4n) is 4.69. The Morgan fingerprint density at radius 3 is 2.90 bits per heavy atom. The van der Waals surface area contributed by atoms with Gasteiger partial charge in [-0.2, -0.15) is 0 Å². The van der Waals surface area contributed by atoms with Crippen LogP contribution >= 0.6 is 0 Å². The molecule has 3 N–H and O–H groups in total. The maximum absolute atomic E-state index is 10.7. The monoisotopic (exact) mass is 418 g/mol. The van der Waals surface area contributed by atoms with Crippen LogP contribution in [0.1, 0.15) is 44.1 Å². The summed E-state index contributed by atoms with van der Waals surface area (Å²) in [6.45, 7) is 2.77. The van der Waals surface area contributed by atoms with Gasteiger partial charge >= 0.3 is 5.97 Å². The van der Waals surface area contributed by atoms with Gasteiger partial charge < -0.3 is 24.8 Å². The molecule has 6 nitrogen and oxygen atoms in total. The first kappa shape index (κ1) is 22.8. The molecule has 1 saturated carbocycles. The summed E-state index contributed by atoms with van der Waals surface area (Å²) >= 11 is 0. The number of para-hydroxylation sites is 1. The van der Waals surface area contributed by atoms with E-state index in [4.69, 9.17) is 14.6 Å². The molecule has 166 valence electrons. The van der Waals surface area contributed by atoms with Gasteiger partial charge in [-0.1, -0.05) is 30.4 Å². The van der Waals surface area contributed by atoms with Crippen molar-refractivity contribution in [3.8, 4) is 5.75 Å². The predicted molar refractivity (Wildman–Crippen MR) is 113 cm³/mol. The molecule has 0 aromatic heterocycles. The van der Waals surface area contributed by atoms with Crippen molar-refractivity contribution in [1.82, 2.24) is 0 Å². The van der Waals surface area contributed by atoms with Crippen molar-refractivity contribution in [2.45, 2.75) is 63.8 Å². The highest BCUT2D eigenvalue weighted by atomic mass is 16.5. The van der Waals surface area contributed by atoms with Crippen LogP contribution < -0.4 is 4.74 Å². The molecular weight excluding hydrogens is 384 g/mol. The molecule has 1 heterocycles. The zero-order chi connectivity index (χ0) is 21.5. The number of rotatable bonds is 9. The molecule has 2 fully saturated rings. The summed E-state index contributed by atoms with van der Waals surface area (Å²) < 4.78 is 11.8. The molecule has 0 spiro atoms. The molecule has 1 aromatic carbocycles. The van der Waals surface area contributed by atoms with E-state index in [0.29, 0.717) is 25.4 Å². The van der Waals surface area contributed by atoms with Gasteiger partial charge in [-0.15, -0.1) is 0 Å². The number of benzene rings is 1. The summed E-state index contributed by atoms with van der Waals surface area (Å²) in [5, 5.41) is 29.7. The summed E-state index contributed by atoms with van der Waals surface area (Å²) in [6.07, 6.45) is 6.75. The zero-order valence-electron chi connectivity index (χ0n) is 17.7. The molecule has 6 atom stereocenters. The number of aliphatic hydroxyl groups is 2. The third kappa shape index (κ3) is 6.30. The smallest absolute Gasteiger partial charge is 0.303 e. The lowest BCUT2D eigenvalue weighted by atomic mass is 9.86. The Kier molecular flexibility index (Phi) is 8.31. The van der Waals surface area contributed by atoms with Gasteiger partial charge in [0.2, 0.25) is 0 Å². The second kappa shape index (κ2) is 10.9. The summed E-state index contributed by atoms with van der Waals surface area (Å²) in [4.78, 5) is 10.7. The quantitative estimate of drug-likeness (QED) is 0.532. The number of hydrogen-bond acceptors (Lipinski definition) is 5. The highest BCUT2D eigenvalue weighted by molar-refractivity contribution is 5.66. The normalized spacial score (nSPS) is 30.0. The number of aliphatic hydroxyl groups excluding tert-OH is 2. The van der Waals surface area contributed by atoms with Gasteiger partial charge in [0.15, 0.2) is 0 Å². The number of carboxylic acid groups (broad SMARTS) is 1. The minimum atomic E-state index is -0.750. The van der Waals surface area contributed by atoms with Crippen LogP contribution in [0.5, 0.6) is 5.75 Å². The van der Waals surface area contributed by atoms with E-state index in [1.54, 1.807) is 6.08 Å². The average molecular weight is 419 g/mol. The van der Waals surface area contributed by atoms with E-state index in [1.807, 2.05) is 37.3 Å². The summed E-state index contributed by atoms with van der Waals surface area (Å²) in [5.74, 6) is 0.577. The molecule has 0 radical (unpaired) electrons. The van der Waals surface area contributed by atoms with Crippen LogP contribution in [-0.4, -0.2) is 52.8 Å². The molecule has 1 aliphatic carbocycles. The third-order valence-electron chi connectivity index (χ3n) is 6.41. The van der Waals surface area contributed by atoms with Gasteiger partial charge in [0.1, 0.15) is 18.5 Å². The van der Waals surface area contributed by atoms with E-state index in [2.05, 4.69) is 0 Å². The van der Waals surface area contributed by atoms with E-state index in [0.717, 1.165) is 30.6 Å². The first-order chi connectivity index (χ1) is 14.4. The Morgan fingerprint density at radius 1 is 1.33 bits per heavy atom. The topological polar surface area (TPSA) is 96.2 Å². The Labute approximate surface area is 178 Å². The van der Waals surface area contributed by atoms with Crippen LogP contribution in [0.15, 0.2) is 36.4 Å². The first-order valence-electron chi connectivity index (χ1n) is 11.0. The van der Waals surface area contributed by atoms with Gasteiger partial charge in [0.25, 0.3) is 0 Å².